The summed E-state index contributed by atoms with van der Waals surface area (Å²) in [5.74, 6) is -0.816. The maximum absolute atomic E-state index is 11.8. The van der Waals surface area contributed by atoms with Crippen molar-refractivity contribution in [2.75, 3.05) is 5.32 Å². The predicted octanol–water partition coefficient (Wildman–Crippen LogP) is 2.24. The first-order chi connectivity index (χ1) is 9.54. The van der Waals surface area contributed by atoms with Gasteiger partial charge in [-0.05, 0) is 50.5 Å². The number of hydrogen-bond donors (Lipinski definition) is 3. The lowest BCUT2D eigenvalue weighted by molar-refractivity contribution is -0.137. The average molecular weight is 276 g/mol. The van der Waals surface area contributed by atoms with E-state index in [1.165, 1.54) is 0 Å². The van der Waals surface area contributed by atoms with E-state index < -0.39 is 5.97 Å². The smallest absolute Gasteiger partial charge is 0.303 e. The molecule has 1 fully saturated rings. The van der Waals surface area contributed by atoms with Crippen molar-refractivity contribution in [3.05, 3.63) is 29.8 Å². The Morgan fingerprint density at radius 2 is 1.95 bits per heavy atom. The number of hydrogen-bond acceptors (Lipinski definition) is 3. The van der Waals surface area contributed by atoms with E-state index in [-0.39, 0.29) is 18.4 Å². The lowest BCUT2D eigenvalue weighted by atomic mass is 10.1. The zero-order chi connectivity index (χ0) is 14.5. The first-order valence-corrected chi connectivity index (χ1v) is 6.94. The molecule has 5 heteroatoms. The van der Waals surface area contributed by atoms with Gasteiger partial charge in [0.2, 0.25) is 0 Å². The largest absolute Gasteiger partial charge is 0.481 e. The highest BCUT2D eigenvalue weighted by atomic mass is 16.4. The molecule has 0 bridgehead atoms. The summed E-state index contributed by atoms with van der Waals surface area (Å²) in [4.78, 5) is 22.3. The van der Waals surface area contributed by atoms with Crippen LogP contribution < -0.4 is 10.6 Å². The van der Waals surface area contributed by atoms with Gasteiger partial charge in [-0.2, -0.15) is 0 Å². The van der Waals surface area contributed by atoms with Crippen molar-refractivity contribution in [1.29, 1.82) is 0 Å². The maximum Gasteiger partial charge on any atom is 0.303 e. The van der Waals surface area contributed by atoms with E-state index in [0.29, 0.717) is 18.0 Å². The van der Waals surface area contributed by atoms with Crippen molar-refractivity contribution in [2.45, 2.75) is 44.7 Å². The number of carboxylic acids is 1. The molecule has 1 aromatic rings. The number of carbonyl (C=O) groups excluding carboxylic acids is 1. The van der Waals surface area contributed by atoms with E-state index in [2.05, 4.69) is 10.6 Å². The molecule has 0 aliphatic heterocycles. The fraction of sp³-hybridized carbons (Fsp3) is 0.467. The van der Waals surface area contributed by atoms with Crippen molar-refractivity contribution in [1.82, 2.24) is 5.32 Å². The molecule has 5 nitrogen and oxygen atoms in total. The van der Waals surface area contributed by atoms with Crippen molar-refractivity contribution in [2.24, 2.45) is 0 Å². The van der Waals surface area contributed by atoms with Crippen LogP contribution in [0.4, 0.5) is 5.69 Å². The summed E-state index contributed by atoms with van der Waals surface area (Å²) in [7, 11) is 0. The predicted molar refractivity (Wildman–Crippen MR) is 76.9 cm³/mol. The van der Waals surface area contributed by atoms with Gasteiger partial charge in [-0.15, -0.1) is 0 Å². The Bertz CT molecular complexity index is 480. The number of carbonyl (C=O) groups is 2. The summed E-state index contributed by atoms with van der Waals surface area (Å²) in [6.45, 7) is 1.94. The van der Waals surface area contributed by atoms with Gasteiger partial charge in [0.1, 0.15) is 0 Å². The summed E-state index contributed by atoms with van der Waals surface area (Å²) in [5, 5.41) is 14.8. The molecule has 20 heavy (non-hydrogen) atoms. The minimum atomic E-state index is -0.786. The molecule has 0 radical (unpaired) electrons. The second-order valence-electron chi connectivity index (χ2n) is 5.30. The molecule has 0 heterocycles. The molecule has 0 saturated heterocycles. The van der Waals surface area contributed by atoms with Crippen molar-refractivity contribution in [3.8, 4) is 0 Å². The van der Waals surface area contributed by atoms with Gasteiger partial charge in [-0.1, -0.05) is 0 Å². The third kappa shape index (κ3) is 4.57. The van der Waals surface area contributed by atoms with Crippen LogP contribution in [0.15, 0.2) is 24.3 Å². The van der Waals surface area contributed by atoms with E-state index in [1.807, 2.05) is 19.1 Å². The molecule has 0 aromatic heterocycles. The Kier molecular flexibility index (Phi) is 4.61. The summed E-state index contributed by atoms with van der Waals surface area (Å²) in [5.41, 5.74) is 1.55. The molecular formula is C15H20N2O3. The van der Waals surface area contributed by atoms with Crippen LogP contribution in [0.1, 0.15) is 43.0 Å². The van der Waals surface area contributed by atoms with Gasteiger partial charge in [0.15, 0.2) is 0 Å². The van der Waals surface area contributed by atoms with Crippen LogP contribution in [-0.4, -0.2) is 29.1 Å². The van der Waals surface area contributed by atoms with E-state index in [4.69, 9.17) is 5.11 Å². The van der Waals surface area contributed by atoms with Crippen LogP contribution >= 0.6 is 0 Å². The van der Waals surface area contributed by atoms with E-state index in [0.717, 1.165) is 18.5 Å². The first-order valence-electron chi connectivity index (χ1n) is 6.94. The standard InChI is InChI=1S/C15H20N2O3/c1-10(2-9-14(18)19)16-12-5-3-11(4-6-12)15(20)17-13-7-8-13/h3-6,10,13,16H,2,7-9H2,1H3,(H,17,20)(H,18,19). The normalized spacial score (nSPS) is 15.4. The topological polar surface area (TPSA) is 78.4 Å². The molecule has 2 rings (SSSR count). The molecule has 1 amide bonds. The zero-order valence-corrected chi connectivity index (χ0v) is 11.6. The first kappa shape index (κ1) is 14.4. The molecular weight excluding hydrogens is 256 g/mol. The van der Waals surface area contributed by atoms with Crippen molar-refractivity contribution < 1.29 is 14.7 Å². The van der Waals surface area contributed by atoms with Gasteiger partial charge in [0.05, 0.1) is 0 Å². The Labute approximate surface area is 118 Å². The molecule has 3 N–H and O–H groups in total. The number of benzene rings is 1. The molecule has 0 spiro atoms. The molecule has 1 aromatic carbocycles. The fourth-order valence-corrected chi connectivity index (χ4v) is 1.91. The highest BCUT2D eigenvalue weighted by Crippen LogP contribution is 2.20. The highest BCUT2D eigenvalue weighted by molar-refractivity contribution is 5.94. The number of amides is 1. The number of nitrogens with one attached hydrogen (secondary N) is 2. The monoisotopic (exact) mass is 276 g/mol. The SMILES string of the molecule is CC(CCC(=O)O)Nc1ccc(C(=O)NC2CC2)cc1. The summed E-state index contributed by atoms with van der Waals surface area (Å²) in [6, 6.07) is 7.69. The third-order valence-corrected chi connectivity index (χ3v) is 3.26. The second-order valence-corrected chi connectivity index (χ2v) is 5.30. The second kappa shape index (κ2) is 6.41. The minimum Gasteiger partial charge on any atom is -0.481 e. The molecule has 1 unspecified atom stereocenters. The Morgan fingerprint density at radius 1 is 1.30 bits per heavy atom. The molecule has 1 saturated carbocycles. The molecule has 108 valence electrons. The van der Waals surface area contributed by atoms with Crippen molar-refractivity contribution >= 4 is 17.6 Å². The Balaban J connectivity index is 1.83. The van der Waals surface area contributed by atoms with Crippen LogP contribution in [0.3, 0.4) is 0 Å². The van der Waals surface area contributed by atoms with Crippen LogP contribution in [0.2, 0.25) is 0 Å². The molecule has 1 aliphatic carbocycles. The number of carboxylic acid groups (broad SMARTS) is 1. The maximum atomic E-state index is 11.8. The van der Waals surface area contributed by atoms with Gasteiger partial charge >= 0.3 is 5.97 Å². The number of aliphatic carboxylic acids is 1. The number of anilines is 1. The van der Waals surface area contributed by atoms with Gasteiger partial charge in [-0.25, -0.2) is 0 Å². The van der Waals surface area contributed by atoms with Gasteiger partial charge in [0.25, 0.3) is 5.91 Å². The zero-order valence-electron chi connectivity index (χ0n) is 11.6. The summed E-state index contributed by atoms with van der Waals surface area (Å²) < 4.78 is 0. The van der Waals surface area contributed by atoms with Crippen LogP contribution in [0.25, 0.3) is 0 Å². The molecule has 1 atom stereocenters. The van der Waals surface area contributed by atoms with Crippen LogP contribution in [0.5, 0.6) is 0 Å². The number of rotatable bonds is 7. The van der Waals surface area contributed by atoms with E-state index in [1.54, 1.807) is 12.1 Å². The van der Waals surface area contributed by atoms with E-state index >= 15 is 0 Å². The lowest BCUT2D eigenvalue weighted by Crippen LogP contribution is -2.25. The minimum absolute atomic E-state index is 0.0297. The fourth-order valence-electron chi connectivity index (χ4n) is 1.91. The quantitative estimate of drug-likeness (QED) is 0.713. The highest BCUT2D eigenvalue weighted by Gasteiger charge is 2.23. The van der Waals surface area contributed by atoms with E-state index in [9.17, 15) is 9.59 Å². The Morgan fingerprint density at radius 3 is 2.50 bits per heavy atom. The average Bonchev–Trinajstić information content (AvgIpc) is 3.21. The third-order valence-electron chi connectivity index (χ3n) is 3.26. The van der Waals surface area contributed by atoms with Gasteiger partial charge in [-0.3, -0.25) is 9.59 Å². The van der Waals surface area contributed by atoms with Gasteiger partial charge in [0, 0.05) is 29.8 Å². The van der Waals surface area contributed by atoms with Gasteiger partial charge < -0.3 is 15.7 Å². The lowest BCUT2D eigenvalue weighted by Gasteiger charge is -2.14. The van der Waals surface area contributed by atoms with Crippen LogP contribution in [0, 0.1) is 0 Å². The summed E-state index contributed by atoms with van der Waals surface area (Å²) >= 11 is 0. The van der Waals surface area contributed by atoms with Crippen LogP contribution in [-0.2, 0) is 4.79 Å². The Hall–Kier alpha value is -2.04. The van der Waals surface area contributed by atoms with Crippen molar-refractivity contribution in [3.63, 3.8) is 0 Å². The molecule has 1 aliphatic rings. The summed E-state index contributed by atoms with van der Waals surface area (Å²) in [6.07, 6.45) is 2.87.